The van der Waals surface area contributed by atoms with E-state index in [1.807, 2.05) is 57.2 Å². The standard InChI is InChI=1S/C18H21FO.C13H19N3O.C12H14F2O2.C11H17NO/c1-18(2,3)13-6-9-17-15(10-13)16(11-20-17)12-4-7-14(19)8-5-12;1-9-8-11(17)15-16(9)12-10(13(2,3)4)6-5-7-14-12;1-11(2,3)7-5-9-10(6-8(7)13)16-12(4,14)15-9;1-7-5-8(7)9-6-10(13-12-9)11(2,3)4/h4-5,7-8,11,13H,6,9-10H2,1-3H3;5-7,9H,8H2,1-4H3,(H,15,17);5-6H,1-4H3;6-8H,5H2,1-4H3. The molecule has 66 heavy (non-hydrogen) atoms. The van der Waals surface area contributed by atoms with E-state index in [-0.39, 0.29) is 45.5 Å². The zero-order chi connectivity index (χ0) is 48.7. The van der Waals surface area contributed by atoms with Crippen LogP contribution in [0.25, 0.3) is 11.1 Å². The monoisotopic (exact) mass is 913 g/mol. The molecule has 3 aromatic heterocycles. The summed E-state index contributed by atoms with van der Waals surface area (Å²) in [7, 11) is 0. The molecule has 1 N–H and O–H groups in total. The number of halogens is 3. The van der Waals surface area contributed by atoms with Crippen LogP contribution in [0.2, 0.25) is 0 Å². The second-order valence-corrected chi connectivity index (χ2v) is 22.7. The molecule has 5 unspecified atom stereocenters. The smallest absolute Gasteiger partial charge is 0.404 e. The van der Waals surface area contributed by atoms with Crippen LogP contribution in [-0.2, 0) is 33.9 Å². The molecule has 1 amide bonds. The number of aryl methyl sites for hydroxylation is 1. The lowest BCUT2D eigenvalue weighted by atomic mass is 9.71. The molecule has 1 saturated heterocycles. The lowest BCUT2D eigenvalue weighted by molar-refractivity contribution is -0.173. The first-order valence-electron chi connectivity index (χ1n) is 23.3. The SMILES string of the molecule is CC(C)(C)C1CCc2occ(-c3ccc(F)cc3)c2C1.CC1(F)Oc2cc(F)c(C(C)(C)C)cc2O1.CC1CC(=O)NN1c1ncccc1C(C)(C)C.CC1CC1c1cc(C(C)(C)C)on1. The van der Waals surface area contributed by atoms with Gasteiger partial charge < -0.3 is 18.4 Å². The summed E-state index contributed by atoms with van der Waals surface area (Å²) in [5.74, 6) is 4.93. The fourth-order valence-electron chi connectivity index (χ4n) is 8.44. The molecule has 4 aliphatic rings. The number of furan rings is 1. The Morgan fingerprint density at radius 2 is 1.44 bits per heavy atom. The van der Waals surface area contributed by atoms with Crippen molar-refractivity contribution < 1.29 is 36.4 Å². The van der Waals surface area contributed by atoms with Crippen molar-refractivity contribution in [2.75, 3.05) is 5.01 Å². The molecule has 5 aromatic rings. The number of hydrazine groups is 1. The fourth-order valence-corrected chi connectivity index (χ4v) is 8.44. The van der Waals surface area contributed by atoms with Crippen LogP contribution in [0.4, 0.5) is 19.0 Å². The molecule has 0 spiro atoms. The molecule has 5 heterocycles. The van der Waals surface area contributed by atoms with Crippen molar-refractivity contribution in [3.8, 4) is 22.6 Å². The first-order valence-corrected chi connectivity index (χ1v) is 23.3. The number of ether oxygens (including phenoxy) is 2. The van der Waals surface area contributed by atoms with E-state index >= 15 is 0 Å². The minimum atomic E-state index is -2.20. The number of nitrogens with zero attached hydrogens (tertiary/aromatic N) is 3. The van der Waals surface area contributed by atoms with Gasteiger partial charge in [0.25, 0.3) is 0 Å². The first-order chi connectivity index (χ1) is 30.5. The number of carbonyl (C=O) groups excluding carboxylic acids is 1. The van der Waals surface area contributed by atoms with E-state index in [1.54, 1.807) is 6.20 Å². The van der Waals surface area contributed by atoms with Crippen LogP contribution in [0.5, 0.6) is 11.5 Å². The van der Waals surface area contributed by atoms with Gasteiger partial charge in [-0.1, -0.05) is 113 Å². The third kappa shape index (κ3) is 12.2. The Labute approximate surface area is 390 Å². The molecule has 5 atom stereocenters. The number of fused-ring (bicyclic) bond motifs is 2. The van der Waals surface area contributed by atoms with E-state index in [0.29, 0.717) is 29.2 Å². The van der Waals surface area contributed by atoms with E-state index in [1.165, 1.54) is 42.7 Å². The summed E-state index contributed by atoms with van der Waals surface area (Å²) >= 11 is 0. The Morgan fingerprint density at radius 3 is 1.97 bits per heavy atom. The Morgan fingerprint density at radius 1 is 0.818 bits per heavy atom. The summed E-state index contributed by atoms with van der Waals surface area (Å²) in [4.78, 5) is 15.8. The number of benzene rings is 2. The average Bonchev–Trinajstić information content (AvgIpc) is 3.63. The Hall–Kier alpha value is -5.26. The summed E-state index contributed by atoms with van der Waals surface area (Å²) in [5, 5.41) is 6.00. The molecule has 1 saturated carbocycles. The van der Waals surface area contributed by atoms with Crippen molar-refractivity contribution in [3.63, 3.8) is 0 Å². The van der Waals surface area contributed by atoms with Gasteiger partial charge in [0.05, 0.1) is 24.4 Å². The zero-order valence-electron chi connectivity index (χ0n) is 41.7. The number of aromatic nitrogens is 2. The minimum absolute atomic E-state index is 0.0105. The molecule has 2 aromatic carbocycles. The summed E-state index contributed by atoms with van der Waals surface area (Å²) in [6, 6.07) is 13.4. The number of alkyl halides is 1. The van der Waals surface area contributed by atoms with Crippen molar-refractivity contribution in [3.05, 3.63) is 113 Å². The van der Waals surface area contributed by atoms with Gasteiger partial charge in [0.2, 0.25) is 5.91 Å². The lowest BCUT2D eigenvalue weighted by Crippen LogP contribution is -2.39. The van der Waals surface area contributed by atoms with Crippen LogP contribution in [-0.4, -0.2) is 28.1 Å². The predicted molar refractivity (Wildman–Crippen MR) is 254 cm³/mol. The normalized spacial score (nSPS) is 22.2. The largest absolute Gasteiger partial charge is 0.468 e. The van der Waals surface area contributed by atoms with Crippen molar-refractivity contribution in [2.45, 2.75) is 170 Å². The van der Waals surface area contributed by atoms with Gasteiger partial charge in [-0.15, -0.1) is 0 Å². The summed E-state index contributed by atoms with van der Waals surface area (Å²) < 4.78 is 61.0. The molecule has 0 radical (unpaired) electrons. The van der Waals surface area contributed by atoms with Gasteiger partial charge in [-0.2, -0.15) is 4.39 Å². The molecule has 12 heteroatoms. The van der Waals surface area contributed by atoms with Crippen LogP contribution in [0, 0.1) is 28.9 Å². The van der Waals surface area contributed by atoms with Gasteiger partial charge in [-0.25, -0.2) is 13.8 Å². The molecular weight excluding hydrogens is 842 g/mol. The highest BCUT2D eigenvalue weighted by Crippen LogP contribution is 2.47. The number of hydrogen-bond donors (Lipinski definition) is 1. The molecule has 2 fully saturated rings. The maximum atomic E-state index is 13.7. The molecule has 2 aliphatic carbocycles. The van der Waals surface area contributed by atoms with E-state index in [2.05, 4.69) is 96.9 Å². The predicted octanol–water partition coefficient (Wildman–Crippen LogP) is 13.9. The third-order valence-corrected chi connectivity index (χ3v) is 12.7. The van der Waals surface area contributed by atoms with Crippen LogP contribution < -0.4 is 19.9 Å². The van der Waals surface area contributed by atoms with Crippen LogP contribution >= 0.6 is 0 Å². The Bertz CT molecular complexity index is 2460. The van der Waals surface area contributed by atoms with Gasteiger partial charge in [0, 0.05) is 59.7 Å². The summed E-state index contributed by atoms with van der Waals surface area (Å²) in [6.07, 6.45) is 8.66. The van der Waals surface area contributed by atoms with Gasteiger partial charge in [0.1, 0.15) is 23.2 Å². The molecule has 9 rings (SSSR count). The highest BCUT2D eigenvalue weighted by atomic mass is 19.2. The number of carbonyl (C=O) groups is 1. The minimum Gasteiger partial charge on any atom is -0.468 e. The van der Waals surface area contributed by atoms with Crippen molar-refractivity contribution in [1.29, 1.82) is 0 Å². The highest BCUT2D eigenvalue weighted by Gasteiger charge is 2.39. The summed E-state index contributed by atoms with van der Waals surface area (Å²) in [5.41, 5.74) is 9.19. The molecule has 358 valence electrons. The zero-order valence-corrected chi connectivity index (χ0v) is 41.7. The molecular formula is C54H71F3N4O5. The maximum Gasteiger partial charge on any atom is 0.404 e. The quantitative estimate of drug-likeness (QED) is 0.191. The second kappa shape index (κ2) is 18.8. The second-order valence-electron chi connectivity index (χ2n) is 22.7. The number of nitrogens with one attached hydrogen (secondary N) is 1. The number of hydrogen-bond acceptors (Lipinski definition) is 8. The number of rotatable bonds is 3. The van der Waals surface area contributed by atoms with Gasteiger partial charge >= 0.3 is 6.04 Å². The number of pyridine rings is 1. The number of anilines is 1. The fraction of sp³-hybridized carbons (Fsp3) is 0.537. The molecule has 9 nitrogen and oxygen atoms in total. The van der Waals surface area contributed by atoms with Crippen LogP contribution in [0.3, 0.4) is 0 Å². The first kappa shape index (κ1) is 50.2. The highest BCUT2D eigenvalue weighted by molar-refractivity contribution is 5.82. The van der Waals surface area contributed by atoms with E-state index < -0.39 is 11.9 Å². The van der Waals surface area contributed by atoms with Gasteiger partial charge in [0.15, 0.2) is 17.3 Å². The van der Waals surface area contributed by atoms with Crippen molar-refractivity contribution >= 4 is 11.7 Å². The Kier molecular flexibility index (Phi) is 14.3. The van der Waals surface area contributed by atoms with Crippen LogP contribution in [0.15, 0.2) is 76.0 Å². The van der Waals surface area contributed by atoms with Gasteiger partial charge in [-0.3, -0.25) is 15.2 Å². The third-order valence-electron chi connectivity index (χ3n) is 12.7. The summed E-state index contributed by atoms with van der Waals surface area (Å²) in [6.45, 7) is 30.9. The van der Waals surface area contributed by atoms with Gasteiger partial charge in [-0.05, 0) is 89.7 Å². The lowest BCUT2D eigenvalue weighted by Gasteiger charge is -2.33. The molecule has 0 bridgehead atoms. The average molecular weight is 913 g/mol. The number of amides is 1. The maximum absolute atomic E-state index is 13.7. The van der Waals surface area contributed by atoms with Crippen molar-refractivity contribution in [2.24, 2.45) is 17.3 Å². The van der Waals surface area contributed by atoms with E-state index in [9.17, 15) is 18.0 Å². The Balaban J connectivity index is 0.000000147. The molecule has 2 aliphatic heterocycles. The van der Waals surface area contributed by atoms with E-state index in [0.717, 1.165) is 65.4 Å². The van der Waals surface area contributed by atoms with Crippen molar-refractivity contribution in [1.82, 2.24) is 15.6 Å². The topological polar surface area (TPSA) is 103 Å². The van der Waals surface area contributed by atoms with E-state index in [4.69, 9.17) is 18.4 Å². The van der Waals surface area contributed by atoms with Crippen LogP contribution in [0.1, 0.15) is 163 Å².